The fraction of sp³-hybridized carbons (Fsp3) is 0.500. The fourth-order valence-electron chi connectivity index (χ4n) is 2.84. The average molecular weight is 308 g/mol. The van der Waals surface area contributed by atoms with Gasteiger partial charge in [0.1, 0.15) is 0 Å². The fourth-order valence-corrected chi connectivity index (χ4v) is 3.05. The monoisotopic (exact) mass is 307 g/mol. The maximum atomic E-state index is 12.1. The van der Waals surface area contributed by atoms with E-state index in [1.165, 1.54) is 0 Å². The van der Waals surface area contributed by atoms with Crippen molar-refractivity contribution in [3.05, 3.63) is 34.9 Å². The van der Waals surface area contributed by atoms with Gasteiger partial charge in [-0.1, -0.05) is 23.7 Å². The SMILES string of the molecule is O=C(CC1COC(=O)C1)NC1(Cc2cccc(Cl)c2)CC1. The van der Waals surface area contributed by atoms with Crippen molar-refractivity contribution >= 4 is 23.5 Å². The first kappa shape index (κ1) is 14.4. The number of halogens is 1. The topological polar surface area (TPSA) is 55.4 Å². The summed E-state index contributed by atoms with van der Waals surface area (Å²) in [4.78, 5) is 23.2. The van der Waals surface area contributed by atoms with Gasteiger partial charge in [-0.2, -0.15) is 0 Å². The van der Waals surface area contributed by atoms with Gasteiger partial charge in [-0.15, -0.1) is 0 Å². The highest BCUT2D eigenvalue weighted by Gasteiger charge is 2.44. The van der Waals surface area contributed by atoms with Gasteiger partial charge in [0.15, 0.2) is 0 Å². The number of carbonyl (C=O) groups excluding carboxylic acids is 2. The van der Waals surface area contributed by atoms with Crippen molar-refractivity contribution in [2.24, 2.45) is 5.92 Å². The highest BCUT2D eigenvalue weighted by atomic mass is 35.5. The molecule has 1 aliphatic heterocycles. The highest BCUT2D eigenvalue weighted by Crippen LogP contribution is 2.39. The molecule has 112 valence electrons. The molecule has 1 saturated carbocycles. The number of carbonyl (C=O) groups is 2. The van der Waals surface area contributed by atoms with Crippen LogP contribution in [0.5, 0.6) is 0 Å². The van der Waals surface area contributed by atoms with Crippen LogP contribution in [0.15, 0.2) is 24.3 Å². The summed E-state index contributed by atoms with van der Waals surface area (Å²) in [7, 11) is 0. The van der Waals surface area contributed by atoms with Crippen molar-refractivity contribution in [3.63, 3.8) is 0 Å². The number of ether oxygens (including phenoxy) is 1. The second kappa shape index (κ2) is 5.68. The van der Waals surface area contributed by atoms with Crippen LogP contribution in [0.1, 0.15) is 31.2 Å². The van der Waals surface area contributed by atoms with Crippen LogP contribution < -0.4 is 5.32 Å². The molecule has 3 rings (SSSR count). The van der Waals surface area contributed by atoms with Crippen molar-refractivity contribution < 1.29 is 14.3 Å². The molecule has 2 aliphatic rings. The molecule has 1 aliphatic carbocycles. The summed E-state index contributed by atoms with van der Waals surface area (Å²) in [5.74, 6) is -0.162. The molecular weight excluding hydrogens is 290 g/mol. The highest BCUT2D eigenvalue weighted by molar-refractivity contribution is 6.30. The molecule has 1 aromatic rings. The van der Waals surface area contributed by atoms with E-state index in [0.29, 0.717) is 19.4 Å². The van der Waals surface area contributed by atoms with Crippen LogP contribution in [0.25, 0.3) is 0 Å². The molecule has 0 radical (unpaired) electrons. The van der Waals surface area contributed by atoms with E-state index in [2.05, 4.69) is 5.32 Å². The Labute approximate surface area is 128 Å². The number of rotatable bonds is 5. The predicted octanol–water partition coefficient (Wildman–Crippen LogP) is 2.48. The van der Waals surface area contributed by atoms with E-state index in [1.54, 1.807) is 0 Å². The Balaban J connectivity index is 1.54. The third-order valence-corrected chi connectivity index (χ3v) is 4.33. The second-order valence-corrected chi connectivity index (χ2v) is 6.53. The lowest BCUT2D eigenvalue weighted by atomic mass is 10.0. The summed E-state index contributed by atoms with van der Waals surface area (Å²) in [6, 6.07) is 7.75. The first-order valence-electron chi connectivity index (χ1n) is 7.26. The lowest BCUT2D eigenvalue weighted by Gasteiger charge is -2.18. The van der Waals surface area contributed by atoms with Crippen molar-refractivity contribution in [2.45, 2.75) is 37.6 Å². The van der Waals surface area contributed by atoms with E-state index < -0.39 is 0 Å². The van der Waals surface area contributed by atoms with Crippen LogP contribution >= 0.6 is 11.6 Å². The molecule has 1 saturated heterocycles. The largest absolute Gasteiger partial charge is 0.465 e. The molecule has 1 N–H and O–H groups in total. The van der Waals surface area contributed by atoms with Gasteiger partial charge in [-0.25, -0.2) is 0 Å². The normalized spacial score (nSPS) is 22.7. The number of benzene rings is 1. The lowest BCUT2D eigenvalue weighted by Crippen LogP contribution is -2.39. The Bertz CT molecular complexity index is 568. The Morgan fingerprint density at radius 3 is 2.86 bits per heavy atom. The van der Waals surface area contributed by atoms with Crippen molar-refractivity contribution in [3.8, 4) is 0 Å². The van der Waals surface area contributed by atoms with Crippen LogP contribution in [-0.2, 0) is 20.7 Å². The van der Waals surface area contributed by atoms with E-state index in [1.807, 2.05) is 24.3 Å². The zero-order valence-electron chi connectivity index (χ0n) is 11.7. The first-order chi connectivity index (χ1) is 10.0. The Kier molecular flexibility index (Phi) is 3.89. The summed E-state index contributed by atoms with van der Waals surface area (Å²) in [5, 5.41) is 3.85. The molecule has 21 heavy (non-hydrogen) atoms. The van der Waals surface area contributed by atoms with Crippen molar-refractivity contribution in [2.75, 3.05) is 6.61 Å². The number of nitrogens with one attached hydrogen (secondary N) is 1. The zero-order chi connectivity index (χ0) is 14.9. The molecule has 1 atom stereocenters. The summed E-state index contributed by atoms with van der Waals surface area (Å²) in [6.45, 7) is 0.369. The quantitative estimate of drug-likeness (QED) is 0.850. The van der Waals surface area contributed by atoms with Gasteiger partial charge in [-0.3, -0.25) is 9.59 Å². The third kappa shape index (κ3) is 3.76. The standard InChI is InChI=1S/C16H18ClNO3/c17-13-3-1-2-11(6-13)9-16(4-5-16)18-14(19)7-12-8-15(20)21-10-12/h1-3,6,12H,4-5,7-10H2,(H,18,19). The molecule has 5 heteroatoms. The number of amides is 1. The third-order valence-electron chi connectivity index (χ3n) is 4.10. The predicted molar refractivity (Wildman–Crippen MR) is 78.9 cm³/mol. The first-order valence-corrected chi connectivity index (χ1v) is 7.64. The number of hydrogen-bond acceptors (Lipinski definition) is 3. The molecule has 0 bridgehead atoms. The number of cyclic esters (lactones) is 1. The average Bonchev–Trinajstić information content (AvgIpc) is 3.02. The van der Waals surface area contributed by atoms with Crippen molar-refractivity contribution in [1.29, 1.82) is 0 Å². The van der Waals surface area contributed by atoms with Crippen LogP contribution in [0, 0.1) is 5.92 Å². The van der Waals surface area contributed by atoms with Gasteiger partial charge < -0.3 is 10.1 Å². The van der Waals surface area contributed by atoms with Gasteiger partial charge in [0.25, 0.3) is 0 Å². The maximum absolute atomic E-state index is 12.1. The summed E-state index contributed by atoms with van der Waals surface area (Å²) < 4.78 is 4.89. The summed E-state index contributed by atoms with van der Waals surface area (Å²) in [5.41, 5.74) is 1.02. The molecule has 4 nitrogen and oxygen atoms in total. The van der Waals surface area contributed by atoms with Gasteiger partial charge in [-0.05, 0) is 37.0 Å². The summed E-state index contributed by atoms with van der Waals surface area (Å²) in [6.07, 6.45) is 3.51. The minimum atomic E-state index is -0.201. The van der Waals surface area contributed by atoms with Crippen molar-refractivity contribution in [1.82, 2.24) is 5.32 Å². The van der Waals surface area contributed by atoms with Gasteiger partial charge >= 0.3 is 5.97 Å². The Hall–Kier alpha value is -1.55. The van der Waals surface area contributed by atoms with Gasteiger partial charge in [0.05, 0.1) is 13.0 Å². The number of esters is 1. The lowest BCUT2D eigenvalue weighted by molar-refractivity contribution is -0.138. The van der Waals surface area contributed by atoms with Crippen LogP contribution in [-0.4, -0.2) is 24.0 Å². The second-order valence-electron chi connectivity index (χ2n) is 6.09. The molecular formula is C16H18ClNO3. The van der Waals surface area contributed by atoms with E-state index in [4.69, 9.17) is 16.3 Å². The van der Waals surface area contributed by atoms with E-state index in [9.17, 15) is 9.59 Å². The van der Waals surface area contributed by atoms with Crippen LogP contribution in [0.2, 0.25) is 5.02 Å². The van der Waals surface area contributed by atoms with Crippen LogP contribution in [0.4, 0.5) is 0 Å². The van der Waals surface area contributed by atoms with E-state index >= 15 is 0 Å². The maximum Gasteiger partial charge on any atom is 0.306 e. The minimum Gasteiger partial charge on any atom is -0.465 e. The molecule has 0 aromatic heterocycles. The smallest absolute Gasteiger partial charge is 0.306 e. The summed E-state index contributed by atoms with van der Waals surface area (Å²) >= 11 is 5.99. The van der Waals surface area contributed by atoms with E-state index in [-0.39, 0.29) is 23.3 Å². The minimum absolute atomic E-state index is 0.0119. The Morgan fingerprint density at radius 1 is 1.43 bits per heavy atom. The van der Waals surface area contributed by atoms with Gasteiger partial charge in [0.2, 0.25) is 5.91 Å². The number of hydrogen-bond donors (Lipinski definition) is 1. The molecule has 1 amide bonds. The molecule has 1 aromatic carbocycles. The molecule has 1 unspecified atom stereocenters. The molecule has 1 heterocycles. The van der Waals surface area contributed by atoms with Gasteiger partial charge in [0, 0.05) is 22.9 Å². The van der Waals surface area contributed by atoms with Crippen LogP contribution in [0.3, 0.4) is 0 Å². The molecule has 2 fully saturated rings. The Morgan fingerprint density at radius 2 is 2.24 bits per heavy atom. The zero-order valence-corrected chi connectivity index (χ0v) is 12.5. The molecule has 0 spiro atoms. The van der Waals surface area contributed by atoms with E-state index in [0.717, 1.165) is 29.8 Å².